The largest absolute Gasteiger partial charge is 0.497 e. The van der Waals surface area contributed by atoms with Crippen molar-refractivity contribution in [1.29, 1.82) is 0 Å². The van der Waals surface area contributed by atoms with Gasteiger partial charge in [-0.2, -0.15) is 0 Å². The highest BCUT2D eigenvalue weighted by atomic mass is 16.5. The zero-order valence-electron chi connectivity index (χ0n) is 16.0. The fourth-order valence-corrected chi connectivity index (χ4v) is 4.27. The summed E-state index contributed by atoms with van der Waals surface area (Å²) in [5.74, 6) is 0.573. The minimum Gasteiger partial charge on any atom is -0.497 e. The summed E-state index contributed by atoms with van der Waals surface area (Å²) in [4.78, 5) is 12.5. The van der Waals surface area contributed by atoms with E-state index in [1.54, 1.807) is 7.11 Å². The van der Waals surface area contributed by atoms with E-state index in [-0.39, 0.29) is 5.97 Å². The molecule has 2 aromatic carbocycles. The molecule has 0 spiro atoms. The first-order valence-electron chi connectivity index (χ1n) is 9.57. The summed E-state index contributed by atoms with van der Waals surface area (Å²) in [5.41, 5.74) is 5.57. The molecule has 0 radical (unpaired) electrons. The van der Waals surface area contributed by atoms with Crippen LogP contribution in [0, 0.1) is 0 Å². The summed E-state index contributed by atoms with van der Waals surface area (Å²) in [5, 5.41) is 1.19. The minimum atomic E-state index is -0.278. The lowest BCUT2D eigenvalue weighted by atomic mass is 10.0. The van der Waals surface area contributed by atoms with Gasteiger partial charge in [0.15, 0.2) is 0 Å². The summed E-state index contributed by atoms with van der Waals surface area (Å²) >= 11 is 0. The van der Waals surface area contributed by atoms with Gasteiger partial charge in [0, 0.05) is 17.6 Å². The topological polar surface area (TPSA) is 40.5 Å². The quantitative estimate of drug-likeness (QED) is 0.496. The Kier molecular flexibility index (Phi) is 4.88. The number of aromatic nitrogens is 1. The molecule has 1 heterocycles. The van der Waals surface area contributed by atoms with Crippen LogP contribution in [0.1, 0.15) is 46.4 Å². The Morgan fingerprint density at radius 3 is 2.67 bits per heavy atom. The number of hydrogen-bond acceptors (Lipinski definition) is 3. The van der Waals surface area contributed by atoms with Gasteiger partial charge in [-0.3, -0.25) is 0 Å². The number of carbonyl (C=O) groups is 1. The van der Waals surface area contributed by atoms with Gasteiger partial charge < -0.3 is 14.0 Å². The second-order valence-corrected chi connectivity index (χ2v) is 7.12. The molecule has 4 rings (SSSR count). The van der Waals surface area contributed by atoms with E-state index in [1.807, 2.05) is 24.3 Å². The van der Waals surface area contributed by atoms with Gasteiger partial charge in [-0.15, -0.1) is 0 Å². The third kappa shape index (κ3) is 3.20. The molecule has 27 heavy (non-hydrogen) atoms. The molecule has 1 aliphatic rings. The number of esters is 1. The summed E-state index contributed by atoms with van der Waals surface area (Å²) in [7, 11) is 3.13. The molecule has 0 fully saturated rings. The number of nitrogens with zero attached hydrogens (tertiary/aromatic N) is 1. The van der Waals surface area contributed by atoms with Gasteiger partial charge in [0.25, 0.3) is 0 Å². The monoisotopic (exact) mass is 363 g/mol. The van der Waals surface area contributed by atoms with Crippen LogP contribution in [0.4, 0.5) is 0 Å². The predicted octanol–water partition coefficient (Wildman–Crippen LogP) is 4.75. The van der Waals surface area contributed by atoms with Gasteiger partial charge in [-0.25, -0.2) is 4.79 Å². The highest BCUT2D eigenvalue weighted by Gasteiger charge is 2.23. The Hall–Kier alpha value is -2.75. The lowest BCUT2D eigenvalue weighted by Gasteiger charge is -2.14. The van der Waals surface area contributed by atoms with E-state index < -0.39 is 0 Å². The Morgan fingerprint density at radius 2 is 1.85 bits per heavy atom. The minimum absolute atomic E-state index is 0.278. The van der Waals surface area contributed by atoms with Crippen LogP contribution in [0.5, 0.6) is 5.75 Å². The highest BCUT2D eigenvalue weighted by Crippen LogP contribution is 2.34. The van der Waals surface area contributed by atoms with Gasteiger partial charge in [-0.1, -0.05) is 30.7 Å². The molecular formula is C23H25NO3. The van der Waals surface area contributed by atoms with Crippen LogP contribution in [-0.2, 0) is 24.1 Å². The molecule has 0 atom stereocenters. The normalized spacial score (nSPS) is 13.9. The number of aryl methyl sites for hydroxylation is 1. The van der Waals surface area contributed by atoms with Crippen LogP contribution in [-0.4, -0.2) is 24.8 Å². The third-order valence-corrected chi connectivity index (χ3v) is 5.53. The van der Waals surface area contributed by atoms with E-state index >= 15 is 0 Å². The Morgan fingerprint density at radius 1 is 1.04 bits per heavy atom. The van der Waals surface area contributed by atoms with E-state index in [2.05, 4.69) is 22.8 Å². The van der Waals surface area contributed by atoms with E-state index in [0.29, 0.717) is 5.56 Å². The van der Waals surface area contributed by atoms with Crippen molar-refractivity contribution in [3.05, 3.63) is 64.8 Å². The average Bonchev–Trinajstić information content (AvgIpc) is 2.86. The molecule has 0 saturated heterocycles. The maximum absolute atomic E-state index is 12.5. The number of carbonyl (C=O) groups excluding carboxylic acids is 1. The van der Waals surface area contributed by atoms with Crippen LogP contribution >= 0.6 is 0 Å². The summed E-state index contributed by atoms with van der Waals surface area (Å²) in [6.45, 7) is 0.719. The molecule has 0 unspecified atom stereocenters. The van der Waals surface area contributed by atoms with Crippen molar-refractivity contribution >= 4 is 16.9 Å². The van der Waals surface area contributed by atoms with Gasteiger partial charge in [-0.05, 0) is 55.0 Å². The third-order valence-electron chi connectivity index (χ3n) is 5.53. The summed E-state index contributed by atoms with van der Waals surface area (Å²) < 4.78 is 12.8. The summed E-state index contributed by atoms with van der Waals surface area (Å²) in [6, 6.07) is 14.1. The molecule has 4 heteroatoms. The van der Waals surface area contributed by atoms with Crippen molar-refractivity contribution in [2.45, 2.75) is 38.6 Å². The number of fused-ring (bicyclic) bond motifs is 3. The van der Waals surface area contributed by atoms with Crippen LogP contribution in [0.2, 0.25) is 0 Å². The van der Waals surface area contributed by atoms with Gasteiger partial charge in [0.2, 0.25) is 0 Å². The number of rotatable bonds is 4. The van der Waals surface area contributed by atoms with Crippen molar-refractivity contribution in [2.24, 2.45) is 0 Å². The molecule has 140 valence electrons. The van der Waals surface area contributed by atoms with Crippen molar-refractivity contribution in [3.8, 4) is 5.75 Å². The molecule has 0 N–H and O–H groups in total. The van der Waals surface area contributed by atoms with Crippen LogP contribution < -0.4 is 4.74 Å². The van der Waals surface area contributed by atoms with Crippen LogP contribution in [0.3, 0.4) is 0 Å². The van der Waals surface area contributed by atoms with E-state index in [9.17, 15) is 4.79 Å². The molecule has 0 saturated carbocycles. The number of methoxy groups -OCH3 is 2. The molecule has 1 aromatic heterocycles. The Bertz CT molecular complexity index is 987. The van der Waals surface area contributed by atoms with E-state index in [0.717, 1.165) is 36.2 Å². The molecular weight excluding hydrogens is 338 g/mol. The number of para-hydroxylation sites is 1. The molecule has 0 amide bonds. The number of benzene rings is 2. The van der Waals surface area contributed by atoms with Crippen molar-refractivity contribution < 1.29 is 14.3 Å². The average molecular weight is 363 g/mol. The zero-order valence-corrected chi connectivity index (χ0v) is 16.0. The van der Waals surface area contributed by atoms with Crippen molar-refractivity contribution in [2.75, 3.05) is 14.2 Å². The lowest BCUT2D eigenvalue weighted by molar-refractivity contribution is 0.0602. The number of hydrogen-bond donors (Lipinski definition) is 0. The highest BCUT2D eigenvalue weighted by molar-refractivity contribution is 6.04. The molecule has 0 aliphatic heterocycles. The maximum atomic E-state index is 12.5. The Balaban J connectivity index is 1.93. The first-order chi connectivity index (χ1) is 13.2. The standard InChI is InChI=1S/C23H25NO3/c1-26-17-9-6-8-16(14-17)15-24-21-13-5-3-4-10-18(21)19-11-7-12-20(22(19)24)23(25)27-2/h6-9,11-12,14H,3-5,10,13,15H2,1-2H3. The first-order valence-corrected chi connectivity index (χ1v) is 9.57. The smallest absolute Gasteiger partial charge is 0.340 e. The second kappa shape index (κ2) is 7.47. The molecule has 1 aliphatic carbocycles. The van der Waals surface area contributed by atoms with Crippen molar-refractivity contribution in [3.63, 3.8) is 0 Å². The van der Waals surface area contributed by atoms with Gasteiger partial charge >= 0.3 is 5.97 Å². The molecule has 0 bridgehead atoms. The fourth-order valence-electron chi connectivity index (χ4n) is 4.27. The van der Waals surface area contributed by atoms with Crippen LogP contribution in [0.25, 0.3) is 10.9 Å². The Labute approximate surface area is 159 Å². The van der Waals surface area contributed by atoms with E-state index in [1.165, 1.54) is 43.0 Å². The van der Waals surface area contributed by atoms with E-state index in [4.69, 9.17) is 9.47 Å². The summed E-state index contributed by atoms with van der Waals surface area (Å²) in [6.07, 6.45) is 5.77. The lowest BCUT2D eigenvalue weighted by Crippen LogP contribution is -2.09. The maximum Gasteiger partial charge on any atom is 0.340 e. The van der Waals surface area contributed by atoms with Crippen molar-refractivity contribution in [1.82, 2.24) is 4.57 Å². The molecule has 4 nitrogen and oxygen atoms in total. The second-order valence-electron chi connectivity index (χ2n) is 7.12. The number of ether oxygens (including phenoxy) is 2. The van der Waals surface area contributed by atoms with Gasteiger partial charge in [0.1, 0.15) is 5.75 Å². The van der Waals surface area contributed by atoms with Crippen LogP contribution in [0.15, 0.2) is 42.5 Å². The first kappa shape index (κ1) is 17.7. The predicted molar refractivity (Wildman–Crippen MR) is 107 cm³/mol. The zero-order chi connectivity index (χ0) is 18.8. The SMILES string of the molecule is COC(=O)c1cccc2c3c(n(Cc4cccc(OC)c4)c12)CCCCC3. The van der Waals surface area contributed by atoms with Gasteiger partial charge in [0.05, 0.1) is 25.3 Å². The molecule has 3 aromatic rings. The fraction of sp³-hybridized carbons (Fsp3) is 0.348.